The first-order valence-electron chi connectivity index (χ1n) is 35.2. The molecular formula is C97H57IrN6O3. The van der Waals surface area contributed by atoms with Gasteiger partial charge in [-0.2, -0.15) is 0 Å². The molecule has 502 valence electrons. The zero-order valence-electron chi connectivity index (χ0n) is 57.4. The van der Waals surface area contributed by atoms with Gasteiger partial charge in [-0.05, 0) is 153 Å². The summed E-state index contributed by atoms with van der Waals surface area (Å²) in [5.74, 6) is 0. The Morgan fingerprint density at radius 1 is 0.243 bits per heavy atom. The third kappa shape index (κ3) is 11.3. The molecule has 0 spiro atoms. The number of fused-ring (bicyclic) bond motifs is 9. The molecule has 9 heterocycles. The predicted molar refractivity (Wildman–Crippen MR) is 427 cm³/mol. The zero-order chi connectivity index (χ0) is 70.2. The van der Waals surface area contributed by atoms with Gasteiger partial charge in [0.25, 0.3) is 0 Å². The summed E-state index contributed by atoms with van der Waals surface area (Å²) in [5.41, 5.74) is 32.2. The second-order valence-electron chi connectivity index (χ2n) is 26.5. The molecule has 0 aliphatic heterocycles. The van der Waals surface area contributed by atoms with E-state index < -0.39 is 0 Å². The second kappa shape index (κ2) is 26.9. The topological polar surface area (TPSA) is 117 Å². The first-order valence-corrected chi connectivity index (χ1v) is 35.2. The number of benzene rings is 11. The summed E-state index contributed by atoms with van der Waals surface area (Å²) in [6, 6.07) is 112. The van der Waals surface area contributed by atoms with Crippen molar-refractivity contribution in [3.63, 3.8) is 0 Å². The number of pyridine rings is 6. The number of nitrogens with zero attached hydrogens (tertiary/aromatic N) is 6. The summed E-state index contributed by atoms with van der Waals surface area (Å²) >= 11 is 0. The van der Waals surface area contributed by atoms with E-state index in [1.807, 2.05) is 134 Å². The minimum atomic E-state index is 0. The molecule has 9 aromatic heterocycles. The van der Waals surface area contributed by atoms with Crippen molar-refractivity contribution >= 4 is 66.2 Å². The van der Waals surface area contributed by atoms with Gasteiger partial charge in [-0.25, -0.2) is 0 Å². The Kier molecular flexibility index (Phi) is 16.1. The zero-order valence-corrected chi connectivity index (χ0v) is 59.8. The Bertz CT molecular complexity index is 6600. The summed E-state index contributed by atoms with van der Waals surface area (Å²) in [7, 11) is 0. The Labute approximate surface area is 629 Å². The molecule has 0 aliphatic carbocycles. The van der Waals surface area contributed by atoms with E-state index in [9.17, 15) is 0 Å². The van der Waals surface area contributed by atoms with Crippen molar-refractivity contribution in [1.29, 1.82) is 0 Å². The second-order valence-corrected chi connectivity index (χ2v) is 26.5. The van der Waals surface area contributed by atoms with E-state index in [-0.39, 0.29) is 20.1 Å². The monoisotopic (exact) mass is 1550 g/mol. The van der Waals surface area contributed by atoms with Gasteiger partial charge in [0, 0.05) is 75.6 Å². The van der Waals surface area contributed by atoms with Crippen LogP contribution in [0, 0.1) is 25.1 Å². The maximum absolute atomic E-state index is 6.88. The Morgan fingerprint density at radius 3 is 0.963 bits per heavy atom. The van der Waals surface area contributed by atoms with Crippen LogP contribution in [0.1, 0.15) is 5.56 Å². The Balaban J connectivity index is 0.00000781. The van der Waals surface area contributed by atoms with E-state index in [2.05, 4.69) is 219 Å². The van der Waals surface area contributed by atoms with Gasteiger partial charge in [0.05, 0.1) is 0 Å². The fraction of sp³-hybridized carbons (Fsp3) is 0.0103. The van der Waals surface area contributed by atoms with Gasteiger partial charge in [0.1, 0.15) is 33.3 Å². The first-order chi connectivity index (χ1) is 52.5. The quantitative estimate of drug-likeness (QED) is 0.104. The number of hydrogen-bond acceptors (Lipinski definition) is 9. The van der Waals surface area contributed by atoms with E-state index in [1.165, 1.54) is 0 Å². The number of para-hydroxylation sites is 3. The number of aromatic nitrogens is 6. The summed E-state index contributed by atoms with van der Waals surface area (Å²) in [4.78, 5) is 29.7. The van der Waals surface area contributed by atoms with Crippen LogP contribution >= 0.6 is 0 Å². The third-order valence-electron chi connectivity index (χ3n) is 20.4. The molecule has 10 heteroatoms. The predicted octanol–water partition coefficient (Wildman–Crippen LogP) is 25.1. The van der Waals surface area contributed by atoms with Crippen molar-refractivity contribution in [2.75, 3.05) is 0 Å². The molecular weight excluding hydrogens is 1490 g/mol. The van der Waals surface area contributed by atoms with Crippen LogP contribution in [0.15, 0.2) is 342 Å². The van der Waals surface area contributed by atoms with Gasteiger partial charge < -0.3 is 28.2 Å². The summed E-state index contributed by atoms with van der Waals surface area (Å²) < 4.78 is 20.5. The van der Waals surface area contributed by atoms with Crippen LogP contribution in [0.25, 0.3) is 211 Å². The van der Waals surface area contributed by atoms with Crippen LogP contribution < -0.4 is 0 Å². The number of rotatable bonds is 13. The maximum atomic E-state index is 6.88. The van der Waals surface area contributed by atoms with Gasteiger partial charge in [-0.3, -0.25) is 15.0 Å². The maximum Gasteiger partial charge on any atom is 3.00 e. The van der Waals surface area contributed by atoms with Gasteiger partial charge in [-0.1, -0.05) is 220 Å². The van der Waals surface area contributed by atoms with E-state index in [4.69, 9.17) is 43.2 Å². The minimum Gasteiger partial charge on any atom is -0.454 e. The minimum absolute atomic E-state index is 0. The first kappa shape index (κ1) is 64.2. The van der Waals surface area contributed by atoms with Crippen LogP contribution in [-0.2, 0) is 20.1 Å². The molecule has 0 unspecified atom stereocenters. The third-order valence-corrected chi connectivity index (χ3v) is 20.4. The van der Waals surface area contributed by atoms with E-state index in [1.54, 1.807) is 0 Å². The van der Waals surface area contributed by atoms with Crippen molar-refractivity contribution in [3.05, 3.63) is 352 Å². The van der Waals surface area contributed by atoms with Gasteiger partial charge in [-0.15, -0.1) is 71.3 Å². The average molecular weight is 1550 g/mol. The molecule has 0 atom stereocenters. The average Bonchev–Trinajstić information content (AvgIpc) is 1.74. The van der Waals surface area contributed by atoms with Crippen molar-refractivity contribution in [3.8, 4) is 145 Å². The van der Waals surface area contributed by atoms with E-state index in [0.717, 1.165) is 200 Å². The van der Waals surface area contributed by atoms with Crippen LogP contribution in [0.2, 0.25) is 0 Å². The molecule has 11 aromatic carbocycles. The molecule has 0 aliphatic rings. The number of furan rings is 3. The van der Waals surface area contributed by atoms with Crippen LogP contribution in [-0.4, -0.2) is 29.9 Å². The normalized spacial score (nSPS) is 11.5. The molecule has 0 saturated heterocycles. The Morgan fingerprint density at radius 2 is 0.589 bits per heavy atom. The molecule has 0 amide bonds. The fourth-order valence-corrected chi connectivity index (χ4v) is 15.4. The molecule has 0 radical (unpaired) electrons. The van der Waals surface area contributed by atoms with Gasteiger partial charge in [0.15, 0.2) is 16.7 Å². The van der Waals surface area contributed by atoms with Crippen LogP contribution in [0.3, 0.4) is 0 Å². The van der Waals surface area contributed by atoms with E-state index >= 15 is 0 Å². The smallest absolute Gasteiger partial charge is 0.454 e. The van der Waals surface area contributed by atoms with Crippen molar-refractivity contribution in [2.24, 2.45) is 0 Å². The van der Waals surface area contributed by atoms with Crippen molar-refractivity contribution < 1.29 is 33.4 Å². The summed E-state index contributed by atoms with van der Waals surface area (Å²) in [6.45, 7) is 2.15. The number of aryl methyl sites for hydroxylation is 1. The van der Waals surface area contributed by atoms with Crippen LogP contribution in [0.5, 0.6) is 0 Å². The summed E-state index contributed by atoms with van der Waals surface area (Å²) in [5, 5.41) is 2.84. The largest absolute Gasteiger partial charge is 3.00 e. The number of hydrogen-bond donors (Lipinski definition) is 0. The van der Waals surface area contributed by atoms with E-state index in [0.29, 0.717) is 16.7 Å². The molecule has 0 saturated carbocycles. The molecule has 20 rings (SSSR count). The molecule has 9 nitrogen and oxygen atoms in total. The molecule has 0 bridgehead atoms. The Hall–Kier alpha value is -13.6. The molecule has 0 N–H and O–H groups in total. The molecule has 107 heavy (non-hydrogen) atoms. The molecule has 20 aromatic rings. The standard InChI is InChI=1S/C97H57N6O3.Ir/c1-59-51-88(103-58-85(59)60-21-3-2-4-22-60)63-39-42-75(84(57-63)78-45-50-102-94-81-31-13-16-36-91(81)106-97(78)94)72-28-10-7-25-69(72)66-53-64(67-23-5-8-26-70(67)73-40-37-61(86-32-17-19-46-98-86)55-82(73)76-43-48-100-92-79-29-11-14-34-89(79)104-95(76)92)52-65(54-66)68-24-6-9-27-71(68)74-41-38-62(87-33-18-20-47-99-87)56-83(74)77-44-49-101-93-80-30-12-15-35-90(80)105-96(77)93;/h2-36,40-58H,1H3;/q-3;+3. The van der Waals surface area contributed by atoms with Gasteiger partial charge >= 0.3 is 20.1 Å². The fourth-order valence-electron chi connectivity index (χ4n) is 15.4. The van der Waals surface area contributed by atoms with Crippen molar-refractivity contribution in [1.82, 2.24) is 29.9 Å². The van der Waals surface area contributed by atoms with Crippen molar-refractivity contribution in [2.45, 2.75) is 6.92 Å². The summed E-state index contributed by atoms with van der Waals surface area (Å²) in [6.07, 6.45) is 11.3. The molecule has 0 fully saturated rings. The van der Waals surface area contributed by atoms with Gasteiger partial charge in [0.2, 0.25) is 0 Å². The SMILES string of the molecule is Cc1cc(-c2[c-]cc(-c3ccccc3-c3cc(-c4ccccc4-c4c[c-]c(-c5ccccn5)cc4-c4ccnc5c4oc4ccccc45)cc(-c4ccccc4-c4c[c-]c(-c5ccccn5)cc4-c4ccnc5c4oc4ccccc45)c3)c(-c3ccnc4c3oc3ccccc34)c2)ncc1-c1ccccc1.[Ir+3]. The van der Waals surface area contributed by atoms with Crippen LogP contribution in [0.4, 0.5) is 0 Å².